The van der Waals surface area contributed by atoms with Crippen LogP contribution in [-0.2, 0) is 69.2 Å². The van der Waals surface area contributed by atoms with Crippen LogP contribution in [-0.4, -0.2) is 227 Å². The minimum absolute atomic E-state index is 0.0930. The Morgan fingerprint density at radius 2 is 0.649 bits per heavy atom. The third-order valence-corrected chi connectivity index (χ3v) is 30.8. The van der Waals surface area contributed by atoms with Crippen LogP contribution in [0.25, 0.3) is 0 Å². The second kappa shape index (κ2) is 43.9. The van der Waals surface area contributed by atoms with Gasteiger partial charge < -0.3 is 48.5 Å². The number of esters is 1. The van der Waals surface area contributed by atoms with Crippen LogP contribution in [0.1, 0.15) is 141 Å². The highest BCUT2D eigenvalue weighted by Gasteiger charge is 2.45. The summed E-state index contributed by atoms with van der Waals surface area (Å²) in [4.78, 5) is 25.1. The van der Waals surface area contributed by atoms with Crippen molar-refractivity contribution in [2.75, 3.05) is 106 Å². The van der Waals surface area contributed by atoms with Crippen molar-refractivity contribution in [2.24, 2.45) is 47.3 Å². The lowest BCUT2D eigenvalue weighted by Gasteiger charge is -2.32. The second-order valence-corrected chi connectivity index (χ2v) is 39.9. The summed E-state index contributed by atoms with van der Waals surface area (Å²) in [6, 6.07) is 31.9. The van der Waals surface area contributed by atoms with Crippen LogP contribution in [0.3, 0.4) is 0 Å². The van der Waals surface area contributed by atoms with Crippen molar-refractivity contribution in [1.82, 2.24) is 21.5 Å². The zero-order chi connectivity index (χ0) is 83.9. The number of methoxy groups -OCH3 is 1. The molecule has 5 aromatic carbocycles. The first-order valence-electron chi connectivity index (χ1n) is 39.8. The zero-order valence-corrected chi connectivity index (χ0v) is 72.5. The molecule has 3 N–H and O–H groups in total. The molecule has 6 aliphatic heterocycles. The number of carbonyl (C=O) groups excluding carboxylic acids is 2. The summed E-state index contributed by atoms with van der Waals surface area (Å²) in [6.45, 7) is 29.3. The number of nitrogens with zero attached hydrogens (tertiary/aromatic N) is 5. The van der Waals surface area contributed by atoms with Crippen LogP contribution in [0.2, 0.25) is 0 Å². The van der Waals surface area contributed by atoms with Crippen molar-refractivity contribution in [3.63, 3.8) is 0 Å². The average molecular weight is 1690 g/mol. The third kappa shape index (κ3) is 25.1. The van der Waals surface area contributed by atoms with Gasteiger partial charge in [0.05, 0.1) is 84.4 Å². The van der Waals surface area contributed by atoms with Crippen molar-refractivity contribution in [3.05, 3.63) is 121 Å². The van der Waals surface area contributed by atoms with Gasteiger partial charge in [0.2, 0.25) is 50.1 Å². The van der Waals surface area contributed by atoms with Gasteiger partial charge in [-0.05, 0) is 250 Å². The van der Waals surface area contributed by atoms with E-state index in [0.29, 0.717) is 141 Å². The topological polar surface area (TPSA) is 346 Å². The van der Waals surface area contributed by atoms with E-state index in [4.69, 9.17) is 33.2 Å². The van der Waals surface area contributed by atoms with E-state index in [9.17, 15) is 67.0 Å². The Morgan fingerprint density at radius 1 is 0.395 bits per heavy atom. The highest BCUT2D eigenvalue weighted by atomic mass is 32.2. The molecular weight excluding hydrogens is 1570 g/mol. The molecule has 114 heavy (non-hydrogen) atoms. The van der Waals surface area contributed by atoms with Gasteiger partial charge in [-0.1, -0.05) is 41.5 Å². The van der Waals surface area contributed by atoms with Gasteiger partial charge in [-0.3, -0.25) is 9.59 Å². The highest BCUT2D eigenvalue weighted by molar-refractivity contribution is 7.90. The minimum Gasteiger partial charge on any atom is -0.494 e. The fraction of sp³-hybridized carbons (Fsp3) is 0.610. The van der Waals surface area contributed by atoms with E-state index in [0.717, 1.165) is 45.3 Å². The molecule has 27 nitrogen and oxygen atoms in total. The lowest BCUT2D eigenvalue weighted by molar-refractivity contribution is -0.149. The molecule has 0 aromatic heterocycles. The first-order chi connectivity index (χ1) is 54.1. The summed E-state index contributed by atoms with van der Waals surface area (Å²) in [7, 11) is -16.5. The molecule has 11 rings (SSSR count). The molecule has 5 aromatic rings. The number of benzene rings is 5. The summed E-state index contributed by atoms with van der Waals surface area (Å²) in [6.07, 6.45) is 6.29. The van der Waals surface area contributed by atoms with Crippen LogP contribution < -0.4 is 23.7 Å². The average Bonchev–Trinajstić information content (AvgIpc) is 1.61. The normalized spacial score (nSPS) is 23.5. The standard InChI is InChI=1S/C19H27NO6S.C17H27NO5S.C17H25NO4S.C15H23NO3S.C14H21NO4S/c1-5-26-16-6-8-17(9-7-16)27(23,24)20-12-13(2)10-15(20)11-18(14(3)21)19(22)25-4;1-3-23-16-4-6-17(7-5-16)24(21,22)18-10-13(2)8-15(18)9-14(11-19)12-20;1-3-22-16-4-6-17(7-5-16)23(19,20)18-10-13(2)8-15(18)9-14-11-21-12-14;1-4-13-10-12(3)11-16(13)20(17,18)15-8-6-14(7-9-15)19-5-2;1-3-19-13-4-6-14(7-5-13)20(17,18)15-9-11(2)8-12(15)10-16/h6-9,13,15,18H,5,10-12H2,1-4H3;4-7,13-15,19-20H,3,8-12H2,1-2H3;4-7,13-15H,3,8-12H2,1-2H3;6-9,12-13H,4-5,10-11H2,1-3H3;4-7,11-12,16H,3,8-10H2,1-2H3/t13-,15+,18?;2*13-,15+;12-,13-;11-,12+/m00000/s1. The first kappa shape index (κ1) is 94.8. The molecule has 638 valence electrons. The number of hydrogen-bond acceptors (Lipinski definition) is 22. The van der Waals surface area contributed by atoms with E-state index < -0.39 is 68.0 Å². The van der Waals surface area contributed by atoms with Gasteiger partial charge >= 0.3 is 5.97 Å². The number of ether oxygens (including phenoxy) is 7. The van der Waals surface area contributed by atoms with Crippen molar-refractivity contribution in [2.45, 2.75) is 196 Å². The maximum atomic E-state index is 13.1. The first-order valence-corrected chi connectivity index (χ1v) is 47.0. The van der Waals surface area contributed by atoms with Gasteiger partial charge in [0.25, 0.3) is 0 Å². The van der Waals surface area contributed by atoms with Crippen LogP contribution in [0.4, 0.5) is 0 Å². The molecule has 6 aliphatic rings. The predicted octanol–water partition coefficient (Wildman–Crippen LogP) is 10.6. The Balaban J connectivity index is 0.000000198. The Labute approximate surface area is 678 Å². The minimum atomic E-state index is -3.74. The maximum absolute atomic E-state index is 13.1. The lowest BCUT2D eigenvalue weighted by atomic mass is 9.94. The Kier molecular flexibility index (Phi) is 36.5. The van der Waals surface area contributed by atoms with Gasteiger partial charge in [0, 0.05) is 88.0 Å². The molecule has 6 fully saturated rings. The SMILES string of the molecule is CCOc1ccc(S(=O)(=O)N2C[C@@H](C)C[C@@H]2CC(C(C)=O)C(=O)OC)cc1.CCOc1ccc(S(=O)(=O)N2C[C@@H](C)C[C@@H]2CC(CO)CO)cc1.CCOc1ccc(S(=O)(=O)N2C[C@@H](C)C[C@@H]2CC)cc1.CCOc1ccc(S(=O)(=O)N2C[C@@H](C)C[C@@H]2CC2COC2)cc1.CCOc1ccc(S(=O)(=O)N2C[C@@H](C)C[C@@H]2CO)cc1. The van der Waals surface area contributed by atoms with Crippen molar-refractivity contribution < 1.29 is 100 Å². The smallest absolute Gasteiger partial charge is 0.316 e. The maximum Gasteiger partial charge on any atom is 0.316 e. The summed E-state index contributed by atoms with van der Waals surface area (Å²) < 4.78 is 173. The molecule has 0 saturated carbocycles. The van der Waals surface area contributed by atoms with E-state index in [-0.39, 0.29) is 94.6 Å². The van der Waals surface area contributed by atoms with Gasteiger partial charge in [0.15, 0.2) is 0 Å². The Hall–Kier alpha value is -6.37. The molecule has 0 amide bonds. The van der Waals surface area contributed by atoms with E-state index in [2.05, 4.69) is 13.8 Å². The molecule has 6 saturated heterocycles. The molecule has 32 heteroatoms. The molecule has 0 bridgehead atoms. The van der Waals surface area contributed by atoms with Crippen LogP contribution >= 0.6 is 0 Å². The number of rotatable bonds is 32. The number of hydrogen-bond donors (Lipinski definition) is 3. The number of ketones is 1. The quantitative estimate of drug-likeness (QED) is 0.0266. The molecule has 0 aliphatic carbocycles. The third-order valence-electron chi connectivity index (χ3n) is 21.2. The van der Waals surface area contributed by atoms with Gasteiger partial charge in [-0.2, -0.15) is 21.5 Å². The number of Topliss-reactive ketones (excluding diaryl/α,β-unsaturated/α-hetero) is 1. The fourth-order valence-electron chi connectivity index (χ4n) is 15.5. The largest absolute Gasteiger partial charge is 0.494 e. The summed E-state index contributed by atoms with van der Waals surface area (Å²) >= 11 is 0. The van der Waals surface area contributed by atoms with Crippen molar-refractivity contribution in [3.8, 4) is 28.7 Å². The molecular formula is C82H123N5O22S5. The molecule has 1 unspecified atom stereocenters. The van der Waals surface area contributed by atoms with Crippen molar-refractivity contribution in [1.29, 1.82) is 0 Å². The number of aliphatic hydroxyl groups is 3. The predicted molar refractivity (Wildman–Crippen MR) is 435 cm³/mol. The lowest BCUT2D eigenvalue weighted by Crippen LogP contribution is -2.40. The number of sulfonamides is 5. The van der Waals surface area contributed by atoms with E-state index in [1.165, 1.54) is 39.1 Å². The zero-order valence-electron chi connectivity index (χ0n) is 68.4. The summed E-state index contributed by atoms with van der Waals surface area (Å²) in [5.74, 6) is 3.10. The van der Waals surface area contributed by atoms with Crippen LogP contribution in [0, 0.1) is 47.3 Å². The monoisotopic (exact) mass is 1690 g/mol. The van der Waals surface area contributed by atoms with Crippen LogP contribution in [0.15, 0.2) is 146 Å². The molecule has 0 radical (unpaired) electrons. The van der Waals surface area contributed by atoms with Crippen LogP contribution in [0.5, 0.6) is 28.7 Å². The van der Waals surface area contributed by atoms with Gasteiger partial charge in [0.1, 0.15) is 40.4 Å². The van der Waals surface area contributed by atoms with E-state index in [1.54, 1.807) is 118 Å². The summed E-state index contributed by atoms with van der Waals surface area (Å²) in [5.41, 5.74) is 0. The van der Waals surface area contributed by atoms with Gasteiger partial charge in [-0.15, -0.1) is 0 Å². The second-order valence-electron chi connectivity index (χ2n) is 30.5. The number of carbonyl (C=O) groups is 2. The van der Waals surface area contributed by atoms with Crippen molar-refractivity contribution >= 4 is 61.9 Å². The molecule has 11 atom stereocenters. The highest BCUT2D eigenvalue weighted by Crippen LogP contribution is 2.39. The number of aliphatic hydroxyl groups excluding tert-OH is 3. The van der Waals surface area contributed by atoms with E-state index in [1.807, 2.05) is 62.3 Å². The summed E-state index contributed by atoms with van der Waals surface area (Å²) in [5, 5.41) is 27.9. The molecule has 6 heterocycles. The fourth-order valence-corrected chi connectivity index (χ4v) is 24.4. The molecule has 0 spiro atoms. The van der Waals surface area contributed by atoms with Gasteiger partial charge in [-0.25, -0.2) is 42.1 Å². The Bertz CT molecular complexity index is 4290. The Morgan fingerprint density at radius 3 is 0.895 bits per heavy atom. The van der Waals surface area contributed by atoms with E-state index >= 15 is 0 Å².